The van der Waals surface area contributed by atoms with Crippen molar-refractivity contribution in [2.24, 2.45) is 5.92 Å². The van der Waals surface area contributed by atoms with Crippen molar-refractivity contribution in [2.45, 2.75) is 23.6 Å². The van der Waals surface area contributed by atoms with Crippen molar-refractivity contribution in [1.29, 1.82) is 0 Å². The van der Waals surface area contributed by atoms with E-state index in [0.717, 1.165) is 30.8 Å². The Hall–Kier alpha value is -0.930. The summed E-state index contributed by atoms with van der Waals surface area (Å²) in [5.41, 5.74) is 3.21. The van der Waals surface area contributed by atoms with Gasteiger partial charge in [0.2, 0.25) is 5.91 Å². The average molecular weight is 285 g/mol. The topological polar surface area (TPSA) is 41.1 Å². The Balaban J connectivity index is 1.72. The monoisotopic (exact) mass is 284 g/mol. The minimum absolute atomic E-state index is 0.101. The molecule has 18 heavy (non-hydrogen) atoms. The van der Waals surface area contributed by atoms with E-state index in [-0.39, 0.29) is 11.8 Å². The van der Waals surface area contributed by atoms with E-state index in [2.05, 4.69) is 16.7 Å². The summed E-state index contributed by atoms with van der Waals surface area (Å²) in [4.78, 5) is 11.9. The highest BCUT2D eigenvalue weighted by molar-refractivity contribution is 6.52. The highest BCUT2D eigenvalue weighted by atomic mass is 35.5. The normalized spacial score (nSPS) is 23.8. The molecule has 0 radical (unpaired) electrons. The molecule has 2 aliphatic rings. The Morgan fingerprint density at radius 3 is 2.94 bits per heavy atom. The van der Waals surface area contributed by atoms with Gasteiger partial charge in [-0.15, -0.1) is 23.2 Å². The highest BCUT2D eigenvalue weighted by Gasteiger charge is 2.56. The summed E-state index contributed by atoms with van der Waals surface area (Å²) in [7, 11) is 0. The molecule has 1 aliphatic carbocycles. The predicted molar refractivity (Wildman–Crippen MR) is 74.4 cm³/mol. The lowest BCUT2D eigenvalue weighted by atomic mass is 10.0. The number of fused-ring (bicyclic) bond motifs is 1. The standard InChI is InChI=1S/C13H14Cl2N2O/c14-13(15)7-10(13)12(18)17-9-4-3-8-2-1-5-16-11(8)6-9/h3-4,6,10,16H,1-2,5,7H2,(H,17,18)/t10-/m1/s1. The minimum Gasteiger partial charge on any atom is -0.385 e. The van der Waals surface area contributed by atoms with Crippen molar-refractivity contribution < 1.29 is 4.79 Å². The average Bonchev–Trinajstić information content (AvgIpc) is 2.98. The first-order chi connectivity index (χ1) is 8.56. The fraction of sp³-hybridized carbons (Fsp3) is 0.462. The Morgan fingerprint density at radius 2 is 2.22 bits per heavy atom. The third-order valence-corrected chi connectivity index (χ3v) is 4.29. The number of alkyl halides is 2. The maximum atomic E-state index is 11.9. The van der Waals surface area contributed by atoms with E-state index in [0.29, 0.717) is 6.42 Å². The largest absolute Gasteiger partial charge is 0.385 e. The molecule has 1 aliphatic heterocycles. The van der Waals surface area contributed by atoms with E-state index in [1.165, 1.54) is 5.56 Å². The van der Waals surface area contributed by atoms with Gasteiger partial charge >= 0.3 is 0 Å². The van der Waals surface area contributed by atoms with Gasteiger partial charge in [-0.25, -0.2) is 0 Å². The summed E-state index contributed by atoms with van der Waals surface area (Å²) < 4.78 is -0.865. The van der Waals surface area contributed by atoms with Gasteiger partial charge in [0.15, 0.2) is 0 Å². The summed E-state index contributed by atoms with van der Waals surface area (Å²) in [5.74, 6) is -0.388. The molecular weight excluding hydrogens is 271 g/mol. The fourth-order valence-corrected chi connectivity index (χ4v) is 2.77. The van der Waals surface area contributed by atoms with E-state index < -0.39 is 4.33 Å². The van der Waals surface area contributed by atoms with E-state index in [1.807, 2.05) is 12.1 Å². The summed E-state index contributed by atoms with van der Waals surface area (Å²) in [6.07, 6.45) is 2.78. The van der Waals surface area contributed by atoms with Crippen LogP contribution in [0, 0.1) is 5.92 Å². The quantitative estimate of drug-likeness (QED) is 0.819. The van der Waals surface area contributed by atoms with Crippen molar-refractivity contribution >= 4 is 40.5 Å². The first-order valence-corrected chi connectivity index (χ1v) is 6.87. The Kier molecular flexibility index (Phi) is 2.91. The zero-order valence-electron chi connectivity index (χ0n) is 9.80. The molecule has 0 bridgehead atoms. The first kappa shape index (κ1) is 12.1. The van der Waals surface area contributed by atoms with E-state index in [9.17, 15) is 4.79 Å². The number of rotatable bonds is 2. The van der Waals surface area contributed by atoms with Crippen LogP contribution in [0.4, 0.5) is 11.4 Å². The fourth-order valence-electron chi connectivity index (χ4n) is 2.27. The van der Waals surface area contributed by atoms with Crippen LogP contribution in [0.15, 0.2) is 18.2 Å². The first-order valence-electron chi connectivity index (χ1n) is 6.12. The molecule has 5 heteroatoms. The number of aryl methyl sites for hydroxylation is 1. The van der Waals surface area contributed by atoms with Crippen LogP contribution in [0.1, 0.15) is 18.4 Å². The molecular formula is C13H14Cl2N2O. The highest BCUT2D eigenvalue weighted by Crippen LogP contribution is 2.53. The Bertz CT molecular complexity index is 502. The maximum Gasteiger partial charge on any atom is 0.230 e. The molecule has 96 valence electrons. The number of hydrogen-bond donors (Lipinski definition) is 2. The van der Waals surface area contributed by atoms with Gasteiger partial charge in [0.05, 0.1) is 5.92 Å². The van der Waals surface area contributed by atoms with Crippen LogP contribution in [0.5, 0.6) is 0 Å². The van der Waals surface area contributed by atoms with E-state index in [4.69, 9.17) is 23.2 Å². The van der Waals surface area contributed by atoms with Crippen LogP contribution in [0.2, 0.25) is 0 Å². The summed E-state index contributed by atoms with van der Waals surface area (Å²) in [6.45, 7) is 0.986. The SMILES string of the molecule is O=C(Nc1ccc2c(c1)NCCC2)[C@H]1CC1(Cl)Cl. The molecule has 0 spiro atoms. The van der Waals surface area contributed by atoms with Gasteiger partial charge in [0.25, 0.3) is 0 Å². The molecule has 1 aromatic rings. The van der Waals surface area contributed by atoms with Crippen LogP contribution in [-0.4, -0.2) is 16.8 Å². The number of carbonyl (C=O) groups is 1. The zero-order valence-corrected chi connectivity index (χ0v) is 11.3. The molecule has 3 rings (SSSR count). The molecule has 1 fully saturated rings. The minimum atomic E-state index is -0.865. The zero-order chi connectivity index (χ0) is 12.8. The summed E-state index contributed by atoms with van der Waals surface area (Å²) in [6, 6.07) is 5.95. The van der Waals surface area contributed by atoms with Crippen LogP contribution in [-0.2, 0) is 11.2 Å². The Morgan fingerprint density at radius 1 is 1.44 bits per heavy atom. The van der Waals surface area contributed by atoms with Crippen LogP contribution in [0.3, 0.4) is 0 Å². The number of halogens is 2. The van der Waals surface area contributed by atoms with Crippen molar-refractivity contribution in [3.8, 4) is 0 Å². The van der Waals surface area contributed by atoms with Crippen molar-refractivity contribution in [3.63, 3.8) is 0 Å². The number of carbonyl (C=O) groups excluding carboxylic acids is 1. The van der Waals surface area contributed by atoms with Crippen LogP contribution < -0.4 is 10.6 Å². The number of anilines is 2. The number of benzene rings is 1. The van der Waals surface area contributed by atoms with Crippen molar-refractivity contribution in [2.75, 3.05) is 17.2 Å². The molecule has 2 N–H and O–H groups in total. The van der Waals surface area contributed by atoms with Crippen molar-refractivity contribution in [3.05, 3.63) is 23.8 Å². The molecule has 0 unspecified atom stereocenters. The summed E-state index contributed by atoms with van der Waals surface area (Å²) >= 11 is 11.8. The van der Waals surface area contributed by atoms with Gasteiger partial charge in [0, 0.05) is 17.9 Å². The molecule has 1 aromatic carbocycles. The second kappa shape index (κ2) is 4.32. The molecule has 0 saturated heterocycles. The molecule has 3 nitrogen and oxygen atoms in total. The lowest BCUT2D eigenvalue weighted by Crippen LogP contribution is -2.18. The predicted octanol–water partition coefficient (Wildman–Crippen LogP) is 3.18. The molecule has 1 saturated carbocycles. The van der Waals surface area contributed by atoms with Gasteiger partial charge in [-0.2, -0.15) is 0 Å². The second-order valence-corrected chi connectivity index (χ2v) is 6.45. The number of amides is 1. The van der Waals surface area contributed by atoms with Gasteiger partial charge < -0.3 is 10.6 Å². The van der Waals surface area contributed by atoms with Gasteiger partial charge in [-0.1, -0.05) is 6.07 Å². The van der Waals surface area contributed by atoms with Crippen LogP contribution in [0.25, 0.3) is 0 Å². The smallest absolute Gasteiger partial charge is 0.230 e. The van der Waals surface area contributed by atoms with E-state index >= 15 is 0 Å². The second-order valence-electron chi connectivity index (χ2n) is 4.91. The third kappa shape index (κ3) is 2.29. The molecule has 1 atom stereocenters. The van der Waals surface area contributed by atoms with Crippen LogP contribution >= 0.6 is 23.2 Å². The number of hydrogen-bond acceptors (Lipinski definition) is 2. The van der Waals surface area contributed by atoms with Crippen molar-refractivity contribution in [1.82, 2.24) is 0 Å². The maximum absolute atomic E-state index is 11.9. The lowest BCUT2D eigenvalue weighted by Gasteiger charge is -2.18. The van der Waals surface area contributed by atoms with Gasteiger partial charge in [-0.05, 0) is 37.0 Å². The third-order valence-electron chi connectivity index (χ3n) is 3.46. The van der Waals surface area contributed by atoms with E-state index in [1.54, 1.807) is 0 Å². The molecule has 1 heterocycles. The van der Waals surface area contributed by atoms with Gasteiger partial charge in [-0.3, -0.25) is 4.79 Å². The number of nitrogens with one attached hydrogen (secondary N) is 2. The Labute approximate surface area is 116 Å². The summed E-state index contributed by atoms with van der Waals surface area (Å²) in [5, 5.41) is 6.20. The molecule has 1 amide bonds. The lowest BCUT2D eigenvalue weighted by molar-refractivity contribution is -0.117. The molecule has 0 aromatic heterocycles. The van der Waals surface area contributed by atoms with Gasteiger partial charge in [0.1, 0.15) is 4.33 Å².